The Kier molecular flexibility index (Phi) is 7.95. The summed E-state index contributed by atoms with van der Waals surface area (Å²) < 4.78 is 5.56. The molecule has 2 rings (SSSR count). The van der Waals surface area contributed by atoms with Gasteiger partial charge in [-0.05, 0) is 11.1 Å². The lowest BCUT2D eigenvalue weighted by Gasteiger charge is -2.20. The monoisotopic (exact) mass is 341 g/mol. The first kappa shape index (κ1) is 19.0. The third-order valence-electron chi connectivity index (χ3n) is 3.60. The van der Waals surface area contributed by atoms with Crippen LogP contribution in [-0.2, 0) is 17.9 Å². The number of guanidine groups is 1. The summed E-state index contributed by atoms with van der Waals surface area (Å²) in [5.41, 5.74) is 2.25. The van der Waals surface area contributed by atoms with Gasteiger partial charge in [0.1, 0.15) is 0 Å². The fourth-order valence-electron chi connectivity index (χ4n) is 2.26. The number of aliphatic imine (C=N–C) groups is 1. The van der Waals surface area contributed by atoms with Crippen molar-refractivity contribution in [2.24, 2.45) is 4.99 Å². The zero-order valence-electron chi connectivity index (χ0n) is 14.9. The standard InChI is InChI=1S/C20H27N3O2/c1-23(2)20(21-13-17-9-5-3-6-10-17)22-14-19(24)16-25-15-18-11-7-4-8-12-18/h3-12,19,24H,13-16H2,1-2H3,(H,21,22). The minimum absolute atomic E-state index is 0.279. The van der Waals surface area contributed by atoms with Crippen LogP contribution in [0.5, 0.6) is 0 Å². The van der Waals surface area contributed by atoms with Gasteiger partial charge in [-0.1, -0.05) is 60.7 Å². The van der Waals surface area contributed by atoms with Crippen molar-refractivity contribution in [2.75, 3.05) is 27.2 Å². The molecule has 2 aromatic rings. The summed E-state index contributed by atoms with van der Waals surface area (Å²) in [6, 6.07) is 20.0. The second-order valence-electron chi connectivity index (χ2n) is 6.06. The summed E-state index contributed by atoms with van der Waals surface area (Å²) in [5.74, 6) is 0.742. The van der Waals surface area contributed by atoms with Crippen molar-refractivity contribution in [1.29, 1.82) is 0 Å². The highest BCUT2D eigenvalue weighted by Crippen LogP contribution is 2.02. The minimum atomic E-state index is -0.592. The maximum atomic E-state index is 10.1. The van der Waals surface area contributed by atoms with Crippen LogP contribution in [0.2, 0.25) is 0 Å². The lowest BCUT2D eigenvalue weighted by Crippen LogP contribution is -2.41. The summed E-state index contributed by atoms with van der Waals surface area (Å²) in [5, 5.41) is 13.3. The van der Waals surface area contributed by atoms with Gasteiger partial charge in [0.2, 0.25) is 0 Å². The molecule has 2 N–H and O–H groups in total. The lowest BCUT2D eigenvalue weighted by atomic mass is 10.2. The Balaban J connectivity index is 1.74. The maximum Gasteiger partial charge on any atom is 0.193 e. The predicted octanol–water partition coefficient (Wildman–Crippen LogP) is 2.27. The van der Waals surface area contributed by atoms with Crippen LogP contribution < -0.4 is 5.32 Å². The van der Waals surface area contributed by atoms with Gasteiger partial charge in [0.25, 0.3) is 0 Å². The SMILES string of the molecule is CN(C)C(=NCc1ccccc1)NCC(O)COCc1ccccc1. The van der Waals surface area contributed by atoms with Crippen molar-refractivity contribution < 1.29 is 9.84 Å². The highest BCUT2D eigenvalue weighted by molar-refractivity contribution is 5.79. The average Bonchev–Trinajstić information content (AvgIpc) is 2.63. The molecule has 0 aliphatic rings. The number of aliphatic hydroxyl groups excluding tert-OH is 1. The van der Waals surface area contributed by atoms with Gasteiger partial charge in [-0.3, -0.25) is 0 Å². The molecule has 1 atom stereocenters. The number of nitrogens with one attached hydrogen (secondary N) is 1. The van der Waals surface area contributed by atoms with Crippen LogP contribution in [0, 0.1) is 0 Å². The van der Waals surface area contributed by atoms with E-state index in [4.69, 9.17) is 4.74 Å². The van der Waals surface area contributed by atoms with E-state index < -0.39 is 6.10 Å². The van der Waals surface area contributed by atoms with E-state index in [2.05, 4.69) is 10.3 Å². The molecule has 0 spiro atoms. The molecular weight excluding hydrogens is 314 g/mol. The molecule has 0 radical (unpaired) electrons. The average molecular weight is 341 g/mol. The summed E-state index contributed by atoms with van der Waals surface area (Å²) in [4.78, 5) is 6.48. The van der Waals surface area contributed by atoms with Crippen LogP contribution in [0.15, 0.2) is 65.7 Å². The smallest absolute Gasteiger partial charge is 0.193 e. The van der Waals surface area contributed by atoms with Crippen LogP contribution in [0.4, 0.5) is 0 Å². The molecule has 0 aliphatic carbocycles. The van der Waals surface area contributed by atoms with Crippen LogP contribution >= 0.6 is 0 Å². The van der Waals surface area contributed by atoms with E-state index in [-0.39, 0.29) is 6.61 Å². The number of aliphatic hydroxyl groups is 1. The van der Waals surface area contributed by atoms with Crippen molar-refractivity contribution in [3.8, 4) is 0 Å². The van der Waals surface area contributed by atoms with Gasteiger partial charge in [0.05, 0.1) is 25.9 Å². The first-order valence-corrected chi connectivity index (χ1v) is 8.44. The number of hydrogen-bond donors (Lipinski definition) is 2. The quantitative estimate of drug-likeness (QED) is 0.571. The molecule has 2 aromatic carbocycles. The Labute approximate surface area is 150 Å². The summed E-state index contributed by atoms with van der Waals surface area (Å²) in [6.45, 7) is 1.77. The second-order valence-corrected chi connectivity index (χ2v) is 6.06. The number of benzene rings is 2. The topological polar surface area (TPSA) is 57.1 Å². The van der Waals surface area contributed by atoms with Crippen LogP contribution in [0.1, 0.15) is 11.1 Å². The molecule has 0 fully saturated rings. The van der Waals surface area contributed by atoms with Crippen molar-refractivity contribution >= 4 is 5.96 Å². The van der Waals surface area contributed by atoms with E-state index in [1.807, 2.05) is 79.7 Å². The third kappa shape index (κ3) is 7.37. The Bertz CT molecular complexity index is 630. The predicted molar refractivity (Wildman–Crippen MR) is 101 cm³/mol. The number of nitrogens with zero attached hydrogens (tertiary/aromatic N) is 2. The van der Waals surface area contributed by atoms with Crippen molar-refractivity contribution in [1.82, 2.24) is 10.2 Å². The van der Waals surface area contributed by atoms with E-state index in [1.54, 1.807) is 0 Å². The normalized spacial score (nSPS) is 12.7. The van der Waals surface area contributed by atoms with Gasteiger partial charge in [0.15, 0.2) is 5.96 Å². The molecule has 0 aromatic heterocycles. The molecular formula is C20H27N3O2. The van der Waals surface area contributed by atoms with E-state index in [1.165, 1.54) is 0 Å². The summed E-state index contributed by atoms with van der Waals surface area (Å²) in [7, 11) is 3.85. The Hall–Kier alpha value is -2.37. The van der Waals surface area contributed by atoms with Crippen LogP contribution in [0.25, 0.3) is 0 Å². The first-order valence-electron chi connectivity index (χ1n) is 8.44. The van der Waals surface area contributed by atoms with E-state index >= 15 is 0 Å². The zero-order chi connectivity index (χ0) is 17.9. The van der Waals surface area contributed by atoms with Crippen molar-refractivity contribution in [2.45, 2.75) is 19.3 Å². The van der Waals surface area contributed by atoms with Gasteiger partial charge in [0, 0.05) is 20.6 Å². The van der Waals surface area contributed by atoms with Crippen LogP contribution in [0.3, 0.4) is 0 Å². The molecule has 0 bridgehead atoms. The third-order valence-corrected chi connectivity index (χ3v) is 3.60. The summed E-state index contributed by atoms with van der Waals surface area (Å²) in [6.07, 6.45) is -0.592. The fraction of sp³-hybridized carbons (Fsp3) is 0.350. The second kappa shape index (κ2) is 10.5. The van der Waals surface area contributed by atoms with Gasteiger partial charge in [-0.15, -0.1) is 0 Å². The van der Waals surface area contributed by atoms with Gasteiger partial charge < -0.3 is 20.1 Å². The number of ether oxygens (including phenoxy) is 1. The molecule has 134 valence electrons. The molecule has 5 heteroatoms. The Morgan fingerprint density at radius 2 is 1.64 bits per heavy atom. The number of rotatable bonds is 8. The zero-order valence-corrected chi connectivity index (χ0v) is 14.9. The highest BCUT2D eigenvalue weighted by Gasteiger charge is 2.08. The Morgan fingerprint density at radius 1 is 1.04 bits per heavy atom. The molecule has 0 saturated heterocycles. The fourth-order valence-corrected chi connectivity index (χ4v) is 2.26. The van der Waals surface area contributed by atoms with E-state index in [0.717, 1.165) is 17.1 Å². The maximum absolute atomic E-state index is 10.1. The molecule has 5 nitrogen and oxygen atoms in total. The minimum Gasteiger partial charge on any atom is -0.389 e. The molecule has 0 heterocycles. The van der Waals surface area contributed by atoms with Crippen LogP contribution in [-0.4, -0.2) is 49.3 Å². The molecule has 0 amide bonds. The van der Waals surface area contributed by atoms with E-state index in [9.17, 15) is 5.11 Å². The molecule has 0 aliphatic heterocycles. The van der Waals surface area contributed by atoms with Gasteiger partial charge >= 0.3 is 0 Å². The van der Waals surface area contributed by atoms with Gasteiger partial charge in [-0.25, -0.2) is 4.99 Å². The van der Waals surface area contributed by atoms with Crippen molar-refractivity contribution in [3.63, 3.8) is 0 Å². The molecule has 25 heavy (non-hydrogen) atoms. The lowest BCUT2D eigenvalue weighted by molar-refractivity contribution is 0.0306. The summed E-state index contributed by atoms with van der Waals surface area (Å²) >= 11 is 0. The first-order chi connectivity index (χ1) is 12.1. The van der Waals surface area contributed by atoms with E-state index in [0.29, 0.717) is 19.7 Å². The molecule has 0 saturated carbocycles. The largest absolute Gasteiger partial charge is 0.389 e. The van der Waals surface area contributed by atoms with Gasteiger partial charge in [-0.2, -0.15) is 0 Å². The number of hydrogen-bond acceptors (Lipinski definition) is 3. The highest BCUT2D eigenvalue weighted by atomic mass is 16.5. The Morgan fingerprint density at radius 3 is 2.24 bits per heavy atom. The molecule has 1 unspecified atom stereocenters. The van der Waals surface area contributed by atoms with Crippen molar-refractivity contribution in [3.05, 3.63) is 71.8 Å².